The molecule has 2 atom stereocenters. The number of methoxy groups -OCH3 is 1. The molecule has 11 nitrogen and oxygen atoms in total. The molecule has 2 amide bonds. The zero-order valence-corrected chi connectivity index (χ0v) is 26.0. The first-order valence-electron chi connectivity index (χ1n) is 14.7. The number of fused-ring (bicyclic) bond motifs is 1. The number of benzene rings is 3. The van der Waals surface area contributed by atoms with Gasteiger partial charge in [0.1, 0.15) is 12.4 Å². The van der Waals surface area contributed by atoms with E-state index in [0.717, 1.165) is 27.7 Å². The van der Waals surface area contributed by atoms with Crippen molar-refractivity contribution >= 4 is 29.1 Å². The molecule has 1 aliphatic heterocycles. The number of hydrogen-bond acceptors (Lipinski definition) is 8. The second-order valence-electron chi connectivity index (χ2n) is 10.6. The first kappa shape index (κ1) is 32.0. The number of amides is 2. The van der Waals surface area contributed by atoms with Gasteiger partial charge in [-0.2, -0.15) is 5.10 Å². The summed E-state index contributed by atoms with van der Waals surface area (Å²) >= 11 is 0. The monoisotopic (exact) mass is 629 g/mol. The first-order chi connectivity index (χ1) is 22.2. The first-order valence-corrected chi connectivity index (χ1v) is 14.7. The van der Waals surface area contributed by atoms with E-state index in [2.05, 4.69) is 25.7 Å². The lowest BCUT2D eigenvalue weighted by Gasteiger charge is -2.28. The van der Waals surface area contributed by atoms with Crippen LogP contribution in [0, 0.1) is 12.7 Å². The number of rotatable bonds is 12. The Morgan fingerprint density at radius 2 is 1.87 bits per heavy atom. The van der Waals surface area contributed by atoms with Gasteiger partial charge in [-0.1, -0.05) is 36.4 Å². The van der Waals surface area contributed by atoms with Crippen LogP contribution in [0.4, 0.5) is 9.18 Å². The van der Waals surface area contributed by atoms with Crippen molar-refractivity contribution < 1.29 is 33.3 Å². The van der Waals surface area contributed by atoms with Crippen LogP contribution >= 0.6 is 0 Å². The molecule has 0 saturated heterocycles. The maximum Gasteiger partial charge on any atom is 0.337 e. The summed E-state index contributed by atoms with van der Waals surface area (Å²) in [6, 6.07) is 18.2. The molecule has 4 aromatic rings. The van der Waals surface area contributed by atoms with E-state index in [-0.39, 0.29) is 18.0 Å². The molecule has 0 fully saturated rings. The molecule has 1 aliphatic rings. The molecule has 0 spiro atoms. The highest BCUT2D eigenvalue weighted by Gasteiger charge is 2.32. The molecule has 0 aliphatic carbocycles. The van der Waals surface area contributed by atoms with E-state index in [9.17, 15) is 19.1 Å². The summed E-state index contributed by atoms with van der Waals surface area (Å²) < 4.78 is 32.1. The van der Waals surface area contributed by atoms with E-state index < -0.39 is 24.3 Å². The van der Waals surface area contributed by atoms with Gasteiger partial charge < -0.3 is 34.5 Å². The quantitative estimate of drug-likeness (QED) is 0.0775. The molecule has 0 bridgehead atoms. The van der Waals surface area contributed by atoms with Crippen LogP contribution in [0.25, 0.3) is 10.9 Å². The molecular weight excluding hydrogens is 593 g/mol. The van der Waals surface area contributed by atoms with Gasteiger partial charge in [0, 0.05) is 34.4 Å². The number of aliphatic hydroxyl groups excluding tert-OH is 1. The van der Waals surface area contributed by atoms with E-state index in [4.69, 9.17) is 14.2 Å². The van der Waals surface area contributed by atoms with E-state index >= 15 is 0 Å². The number of urea groups is 1. The SMILES string of the molecule is CCOc1cc([C@@H]2NC(=O)NC(C)=C2C(=O)OC)ccc1OC[C@H](O)N/N=C/c1c(C)n(Cc2ccc(F)cc2)c2ccccc12. The number of esters is 1. The zero-order valence-electron chi connectivity index (χ0n) is 26.0. The van der Waals surface area contributed by atoms with Crippen molar-refractivity contribution in [3.05, 3.63) is 106 Å². The van der Waals surface area contributed by atoms with E-state index in [1.54, 1.807) is 43.5 Å². The van der Waals surface area contributed by atoms with Gasteiger partial charge in [0.15, 0.2) is 17.7 Å². The standard InChI is InChI=1S/C34H36FN5O6/c1-5-45-29-16-23(32-31(33(42)44-4)20(2)37-34(43)38-32)12-15-28(29)46-19-30(41)39-36-17-26-21(3)40(27-9-7-6-8-25(26)27)18-22-10-13-24(35)14-11-22/h6-17,30,32,39,41H,5,18-19H2,1-4H3,(H2,37,38,43)/b36-17+/t30-,32-/m0/s1. The Balaban J connectivity index is 1.28. The number of hydrazone groups is 1. The van der Waals surface area contributed by atoms with Crippen molar-refractivity contribution in [3.63, 3.8) is 0 Å². The summed E-state index contributed by atoms with van der Waals surface area (Å²) in [4.78, 5) is 24.7. The van der Waals surface area contributed by atoms with Crippen molar-refractivity contribution in [2.45, 2.75) is 39.6 Å². The molecule has 2 heterocycles. The minimum Gasteiger partial charge on any atom is -0.490 e. The van der Waals surface area contributed by atoms with Gasteiger partial charge in [-0.05, 0) is 62.2 Å². The topological polar surface area (TPSA) is 135 Å². The van der Waals surface area contributed by atoms with Crippen LogP contribution in [0.1, 0.15) is 42.3 Å². The number of carbonyl (C=O) groups excluding carboxylic acids is 2. The highest BCUT2D eigenvalue weighted by Crippen LogP contribution is 2.35. The molecule has 0 saturated carbocycles. The van der Waals surface area contributed by atoms with Crippen molar-refractivity contribution in [2.75, 3.05) is 20.3 Å². The molecule has 12 heteroatoms. The lowest BCUT2D eigenvalue weighted by Crippen LogP contribution is -2.45. The highest BCUT2D eigenvalue weighted by atomic mass is 19.1. The molecule has 5 rings (SSSR count). The largest absolute Gasteiger partial charge is 0.490 e. The fourth-order valence-electron chi connectivity index (χ4n) is 5.41. The molecule has 46 heavy (non-hydrogen) atoms. The Hall–Kier alpha value is -5.36. The molecule has 1 aromatic heterocycles. The van der Waals surface area contributed by atoms with Crippen LogP contribution < -0.4 is 25.5 Å². The third kappa shape index (κ3) is 6.97. The van der Waals surface area contributed by atoms with Gasteiger partial charge in [-0.15, -0.1) is 0 Å². The number of aromatic nitrogens is 1. The van der Waals surface area contributed by atoms with Crippen molar-refractivity contribution in [1.82, 2.24) is 20.6 Å². The van der Waals surface area contributed by atoms with Crippen LogP contribution in [0.3, 0.4) is 0 Å². The van der Waals surface area contributed by atoms with Gasteiger partial charge in [-0.3, -0.25) is 5.43 Å². The summed E-state index contributed by atoms with van der Waals surface area (Å²) in [6.07, 6.45) is 0.503. The number of aliphatic hydroxyl groups is 1. The number of carbonyl (C=O) groups is 2. The van der Waals surface area contributed by atoms with Crippen molar-refractivity contribution in [1.29, 1.82) is 0 Å². The molecule has 240 valence electrons. The zero-order chi connectivity index (χ0) is 32.8. The summed E-state index contributed by atoms with van der Waals surface area (Å²) in [5, 5.41) is 21.2. The van der Waals surface area contributed by atoms with Gasteiger partial charge >= 0.3 is 12.0 Å². The number of hydrogen-bond donors (Lipinski definition) is 4. The smallest absolute Gasteiger partial charge is 0.337 e. The van der Waals surface area contributed by atoms with Gasteiger partial charge in [0.25, 0.3) is 0 Å². The van der Waals surface area contributed by atoms with Gasteiger partial charge in [0.2, 0.25) is 0 Å². The molecule has 4 N–H and O–H groups in total. The number of nitrogens with zero attached hydrogens (tertiary/aromatic N) is 2. The summed E-state index contributed by atoms with van der Waals surface area (Å²) in [5.41, 5.74) is 7.77. The fourth-order valence-corrected chi connectivity index (χ4v) is 5.41. The predicted octanol–water partition coefficient (Wildman–Crippen LogP) is 4.66. The number of allylic oxidation sites excluding steroid dienone is 1. The summed E-state index contributed by atoms with van der Waals surface area (Å²) in [5.74, 6) is -0.124. The number of para-hydroxylation sites is 1. The van der Waals surface area contributed by atoms with Crippen LogP contribution in [0.15, 0.2) is 83.1 Å². The maximum atomic E-state index is 13.4. The minimum atomic E-state index is -1.15. The Bertz CT molecular complexity index is 1800. The van der Waals surface area contributed by atoms with E-state index in [1.165, 1.54) is 19.2 Å². The van der Waals surface area contributed by atoms with Crippen LogP contribution in [-0.2, 0) is 16.1 Å². The highest BCUT2D eigenvalue weighted by molar-refractivity contribution is 6.01. The van der Waals surface area contributed by atoms with Gasteiger partial charge in [-0.25, -0.2) is 14.0 Å². The average Bonchev–Trinajstić information content (AvgIpc) is 3.30. The Kier molecular flexibility index (Phi) is 9.87. The van der Waals surface area contributed by atoms with Crippen LogP contribution in [0.2, 0.25) is 0 Å². The summed E-state index contributed by atoms with van der Waals surface area (Å²) in [6.45, 7) is 6.17. The average molecular weight is 630 g/mol. The van der Waals surface area contributed by atoms with Crippen LogP contribution in [-0.4, -0.2) is 54.4 Å². The number of nitrogens with one attached hydrogen (secondary N) is 3. The number of halogens is 1. The Labute approximate surface area is 265 Å². The third-order valence-corrected chi connectivity index (χ3v) is 7.62. The van der Waals surface area contributed by atoms with Crippen LogP contribution in [0.5, 0.6) is 11.5 Å². The molecule has 0 unspecified atom stereocenters. The second kappa shape index (κ2) is 14.2. The van der Waals surface area contributed by atoms with E-state index in [0.29, 0.717) is 35.9 Å². The third-order valence-electron chi connectivity index (χ3n) is 7.62. The molecule has 0 radical (unpaired) electrons. The normalized spacial score (nSPS) is 15.4. The minimum absolute atomic E-state index is 0.154. The van der Waals surface area contributed by atoms with E-state index in [1.807, 2.05) is 38.1 Å². The molecular formula is C34H36FN5O6. The summed E-state index contributed by atoms with van der Waals surface area (Å²) in [7, 11) is 1.28. The fraction of sp³-hybridized carbons (Fsp3) is 0.265. The second-order valence-corrected chi connectivity index (χ2v) is 10.6. The maximum absolute atomic E-state index is 13.4. The molecule has 3 aromatic carbocycles. The van der Waals surface area contributed by atoms with Crippen molar-refractivity contribution in [3.8, 4) is 11.5 Å². The van der Waals surface area contributed by atoms with Gasteiger partial charge in [0.05, 0.1) is 31.5 Å². The van der Waals surface area contributed by atoms with Crippen molar-refractivity contribution in [2.24, 2.45) is 5.10 Å². The lowest BCUT2D eigenvalue weighted by atomic mass is 9.95. The predicted molar refractivity (Wildman–Crippen MR) is 171 cm³/mol. The Morgan fingerprint density at radius 1 is 1.11 bits per heavy atom. The number of ether oxygens (including phenoxy) is 3. The Morgan fingerprint density at radius 3 is 2.61 bits per heavy atom. The lowest BCUT2D eigenvalue weighted by molar-refractivity contribution is -0.136.